The standard InChI is InChI=1S/C29H22F3N7O/c1-18-5-7-23(37-27(40)19-3-2-4-21(15-19)29(30,31)32)16-25(18)39-28-34-14-11-24(38-28)20-6-8-26(35-17-20)36-22-9-12-33-13-10-22/h2-17H,1H3,(H,37,40)(H,33,35,36)(H,34,38,39). The molecule has 40 heavy (non-hydrogen) atoms. The smallest absolute Gasteiger partial charge is 0.340 e. The molecule has 0 radical (unpaired) electrons. The maximum Gasteiger partial charge on any atom is 0.416 e. The van der Waals surface area contributed by atoms with Crippen molar-refractivity contribution in [1.29, 1.82) is 0 Å². The first kappa shape index (κ1) is 26.3. The summed E-state index contributed by atoms with van der Waals surface area (Å²) in [6.07, 6.45) is 2.15. The SMILES string of the molecule is Cc1ccc(NC(=O)c2cccc(C(F)(F)F)c2)cc1Nc1nccc(-c2ccc(Nc3ccncc3)nc2)n1. The molecule has 11 heteroatoms. The fourth-order valence-electron chi connectivity index (χ4n) is 3.78. The van der Waals surface area contributed by atoms with Gasteiger partial charge in [0.25, 0.3) is 5.91 Å². The van der Waals surface area contributed by atoms with Crippen LogP contribution in [0.5, 0.6) is 0 Å². The number of hydrogen-bond acceptors (Lipinski definition) is 7. The molecule has 2 aromatic carbocycles. The van der Waals surface area contributed by atoms with Crippen molar-refractivity contribution in [2.75, 3.05) is 16.0 Å². The van der Waals surface area contributed by atoms with E-state index in [4.69, 9.17) is 0 Å². The number of carbonyl (C=O) groups excluding carboxylic acids is 1. The second-order valence-electron chi connectivity index (χ2n) is 8.75. The van der Waals surface area contributed by atoms with Gasteiger partial charge < -0.3 is 16.0 Å². The van der Waals surface area contributed by atoms with Gasteiger partial charge in [-0.15, -0.1) is 0 Å². The zero-order chi connectivity index (χ0) is 28.1. The van der Waals surface area contributed by atoms with E-state index in [9.17, 15) is 18.0 Å². The third-order valence-electron chi connectivity index (χ3n) is 5.86. The van der Waals surface area contributed by atoms with Crippen LogP contribution in [0.25, 0.3) is 11.3 Å². The van der Waals surface area contributed by atoms with E-state index in [-0.39, 0.29) is 5.56 Å². The molecule has 5 rings (SSSR count). The Labute approximate surface area is 227 Å². The number of pyridine rings is 2. The number of aryl methyl sites for hydroxylation is 1. The van der Waals surface area contributed by atoms with Gasteiger partial charge in [0.2, 0.25) is 5.95 Å². The predicted molar refractivity (Wildman–Crippen MR) is 147 cm³/mol. The van der Waals surface area contributed by atoms with Gasteiger partial charge in [-0.2, -0.15) is 13.2 Å². The topological polar surface area (TPSA) is 105 Å². The summed E-state index contributed by atoms with van der Waals surface area (Å²) in [6, 6.07) is 18.5. The molecule has 0 spiro atoms. The van der Waals surface area contributed by atoms with E-state index in [0.29, 0.717) is 28.8 Å². The summed E-state index contributed by atoms with van der Waals surface area (Å²) < 4.78 is 39.1. The van der Waals surface area contributed by atoms with Crippen LogP contribution in [-0.2, 0) is 6.18 Å². The van der Waals surface area contributed by atoms with Gasteiger partial charge in [-0.05, 0) is 73.2 Å². The van der Waals surface area contributed by atoms with Crippen LogP contribution in [0.4, 0.5) is 42.0 Å². The van der Waals surface area contributed by atoms with E-state index in [1.165, 1.54) is 12.1 Å². The molecule has 0 atom stereocenters. The van der Waals surface area contributed by atoms with Crippen molar-refractivity contribution in [1.82, 2.24) is 19.9 Å². The Morgan fingerprint density at radius 2 is 1.65 bits per heavy atom. The molecule has 200 valence electrons. The highest BCUT2D eigenvalue weighted by Gasteiger charge is 2.30. The zero-order valence-corrected chi connectivity index (χ0v) is 21.1. The minimum absolute atomic E-state index is 0.100. The molecule has 1 amide bonds. The van der Waals surface area contributed by atoms with Crippen LogP contribution in [0.2, 0.25) is 0 Å². The van der Waals surface area contributed by atoms with E-state index in [1.807, 2.05) is 31.2 Å². The van der Waals surface area contributed by atoms with Gasteiger partial charge in [0.15, 0.2) is 0 Å². The number of hydrogen-bond donors (Lipinski definition) is 3. The lowest BCUT2D eigenvalue weighted by Gasteiger charge is -2.13. The minimum atomic E-state index is -4.54. The minimum Gasteiger partial charge on any atom is -0.340 e. The largest absolute Gasteiger partial charge is 0.416 e. The highest BCUT2D eigenvalue weighted by Crippen LogP contribution is 2.30. The van der Waals surface area contributed by atoms with E-state index in [0.717, 1.165) is 28.9 Å². The number of nitrogens with one attached hydrogen (secondary N) is 3. The lowest BCUT2D eigenvalue weighted by Crippen LogP contribution is -2.14. The van der Waals surface area contributed by atoms with Crippen molar-refractivity contribution >= 4 is 34.7 Å². The van der Waals surface area contributed by atoms with Gasteiger partial charge in [-0.1, -0.05) is 12.1 Å². The Morgan fingerprint density at radius 3 is 2.40 bits per heavy atom. The molecule has 5 aromatic rings. The highest BCUT2D eigenvalue weighted by molar-refractivity contribution is 6.04. The third kappa shape index (κ3) is 6.38. The van der Waals surface area contributed by atoms with Gasteiger partial charge in [0, 0.05) is 53.0 Å². The fraction of sp³-hybridized carbons (Fsp3) is 0.0690. The summed E-state index contributed by atoms with van der Waals surface area (Å²) in [5.74, 6) is 0.330. The van der Waals surface area contributed by atoms with Gasteiger partial charge in [0.1, 0.15) is 5.82 Å². The Hall–Kier alpha value is -5.32. The van der Waals surface area contributed by atoms with Crippen molar-refractivity contribution in [3.8, 4) is 11.3 Å². The second kappa shape index (κ2) is 11.2. The average molecular weight is 542 g/mol. The summed E-state index contributed by atoms with van der Waals surface area (Å²) in [6.45, 7) is 1.86. The third-order valence-corrected chi connectivity index (χ3v) is 5.86. The van der Waals surface area contributed by atoms with Crippen molar-refractivity contribution in [2.24, 2.45) is 0 Å². The first-order valence-electron chi connectivity index (χ1n) is 12.1. The maximum atomic E-state index is 13.0. The van der Waals surface area contributed by atoms with Crippen molar-refractivity contribution in [3.63, 3.8) is 0 Å². The summed E-state index contributed by atoms with van der Waals surface area (Å²) in [4.78, 5) is 29.9. The molecule has 8 nitrogen and oxygen atoms in total. The molecule has 3 N–H and O–H groups in total. The van der Waals surface area contributed by atoms with Crippen molar-refractivity contribution < 1.29 is 18.0 Å². The molecule has 0 aliphatic carbocycles. The van der Waals surface area contributed by atoms with E-state index >= 15 is 0 Å². The predicted octanol–water partition coefficient (Wildman–Crippen LogP) is 7.00. The van der Waals surface area contributed by atoms with Gasteiger partial charge in [-0.25, -0.2) is 15.0 Å². The number of rotatable bonds is 7. The summed E-state index contributed by atoms with van der Waals surface area (Å²) in [7, 11) is 0. The average Bonchev–Trinajstić information content (AvgIpc) is 2.95. The molecule has 0 aliphatic heterocycles. The van der Waals surface area contributed by atoms with Crippen LogP contribution >= 0.6 is 0 Å². The van der Waals surface area contributed by atoms with Crippen LogP contribution in [0.1, 0.15) is 21.5 Å². The normalized spacial score (nSPS) is 11.1. The fourth-order valence-corrected chi connectivity index (χ4v) is 3.78. The molecule has 0 aliphatic rings. The van der Waals surface area contributed by atoms with Crippen LogP contribution in [0.15, 0.2) is 97.6 Å². The summed E-state index contributed by atoms with van der Waals surface area (Å²) in [5.41, 5.74) is 3.17. The number of amides is 1. The highest BCUT2D eigenvalue weighted by atomic mass is 19.4. The van der Waals surface area contributed by atoms with E-state index in [2.05, 4.69) is 35.9 Å². The van der Waals surface area contributed by atoms with Crippen LogP contribution in [0.3, 0.4) is 0 Å². The molecular formula is C29H22F3N7O. The van der Waals surface area contributed by atoms with Gasteiger partial charge >= 0.3 is 6.18 Å². The first-order valence-corrected chi connectivity index (χ1v) is 12.1. The Bertz CT molecular complexity index is 1640. The number of benzene rings is 2. The maximum absolute atomic E-state index is 13.0. The molecule has 0 saturated heterocycles. The lowest BCUT2D eigenvalue weighted by molar-refractivity contribution is -0.137. The van der Waals surface area contributed by atoms with Crippen molar-refractivity contribution in [2.45, 2.75) is 13.1 Å². The number of aromatic nitrogens is 4. The number of carbonyl (C=O) groups is 1. The molecular weight excluding hydrogens is 519 g/mol. The monoisotopic (exact) mass is 541 g/mol. The van der Waals surface area contributed by atoms with Gasteiger partial charge in [-0.3, -0.25) is 9.78 Å². The van der Waals surface area contributed by atoms with E-state index < -0.39 is 17.6 Å². The molecule has 0 saturated carbocycles. The molecule has 0 fully saturated rings. The summed E-state index contributed by atoms with van der Waals surface area (Å²) >= 11 is 0. The Kier molecular flexibility index (Phi) is 7.36. The number of nitrogens with zero attached hydrogens (tertiary/aromatic N) is 4. The number of anilines is 5. The number of alkyl halides is 3. The Balaban J connectivity index is 1.30. The quantitative estimate of drug-likeness (QED) is 0.204. The molecule has 0 unspecified atom stereocenters. The first-order chi connectivity index (χ1) is 19.2. The molecule has 3 aromatic heterocycles. The van der Waals surface area contributed by atoms with Crippen LogP contribution in [0, 0.1) is 6.92 Å². The van der Waals surface area contributed by atoms with E-state index in [1.54, 1.807) is 49.1 Å². The number of halogens is 3. The van der Waals surface area contributed by atoms with Crippen molar-refractivity contribution in [3.05, 3.63) is 114 Å². The van der Waals surface area contributed by atoms with Gasteiger partial charge in [0.05, 0.1) is 11.3 Å². The molecule has 3 heterocycles. The lowest BCUT2D eigenvalue weighted by atomic mass is 10.1. The second-order valence-corrected chi connectivity index (χ2v) is 8.75. The van der Waals surface area contributed by atoms with Crippen LogP contribution < -0.4 is 16.0 Å². The molecule has 0 bridgehead atoms. The zero-order valence-electron chi connectivity index (χ0n) is 21.1. The van der Waals surface area contributed by atoms with Crippen LogP contribution in [-0.4, -0.2) is 25.8 Å². The summed E-state index contributed by atoms with van der Waals surface area (Å²) in [5, 5.41) is 8.99. The Morgan fingerprint density at radius 1 is 0.825 bits per heavy atom.